The molecule has 0 atom stereocenters. The Balaban J connectivity index is 1.69. The van der Waals surface area contributed by atoms with E-state index in [0.29, 0.717) is 23.4 Å². The summed E-state index contributed by atoms with van der Waals surface area (Å²) < 4.78 is 8.15. The van der Waals surface area contributed by atoms with Gasteiger partial charge in [-0.3, -0.25) is 0 Å². The number of aromatic nitrogens is 1. The van der Waals surface area contributed by atoms with Crippen LogP contribution in [-0.4, -0.2) is 10.5 Å². The lowest BCUT2D eigenvalue weighted by molar-refractivity contribution is 0.0734. The number of benzene rings is 2. The van der Waals surface area contributed by atoms with Crippen LogP contribution in [0.3, 0.4) is 0 Å². The topological polar surface area (TPSA) is 55.0 Å². The van der Waals surface area contributed by atoms with Crippen molar-refractivity contribution in [1.82, 2.24) is 4.57 Å². The molecule has 5 heteroatoms. The first-order valence-electron chi connectivity index (χ1n) is 7.26. The number of esters is 1. The third-order valence-corrected chi connectivity index (χ3v) is 3.96. The van der Waals surface area contributed by atoms with Crippen molar-refractivity contribution >= 4 is 21.9 Å². The highest BCUT2D eigenvalue weighted by Gasteiger charge is 2.10. The predicted molar refractivity (Wildman–Crippen MR) is 93.8 cm³/mol. The van der Waals surface area contributed by atoms with Crippen molar-refractivity contribution < 1.29 is 9.53 Å². The van der Waals surface area contributed by atoms with Gasteiger partial charge in [0.15, 0.2) is 0 Å². The van der Waals surface area contributed by atoms with Gasteiger partial charge in [0.05, 0.1) is 17.2 Å². The van der Waals surface area contributed by atoms with E-state index in [1.807, 2.05) is 41.1 Å². The average Bonchev–Trinajstić information content (AvgIpc) is 3.06. The maximum atomic E-state index is 12.2. The summed E-state index contributed by atoms with van der Waals surface area (Å²) >= 11 is 3.34. The summed E-state index contributed by atoms with van der Waals surface area (Å²) in [6.45, 7) is 0.584. The molecule has 3 aromatic rings. The Morgan fingerprint density at radius 1 is 1.17 bits per heavy atom. The van der Waals surface area contributed by atoms with Crippen molar-refractivity contribution in [2.75, 3.05) is 0 Å². The summed E-state index contributed by atoms with van der Waals surface area (Å²) in [6, 6.07) is 18.3. The molecule has 0 aliphatic heterocycles. The first kappa shape index (κ1) is 16.0. The van der Waals surface area contributed by atoms with Gasteiger partial charge in [-0.15, -0.1) is 0 Å². The van der Waals surface area contributed by atoms with Crippen LogP contribution in [0.15, 0.2) is 71.5 Å². The third-order valence-electron chi connectivity index (χ3n) is 3.43. The number of carbonyl (C=O) groups is 1. The van der Waals surface area contributed by atoms with Crippen molar-refractivity contribution in [2.45, 2.75) is 6.54 Å². The van der Waals surface area contributed by atoms with Crippen LogP contribution in [0.5, 0.6) is 5.75 Å². The Morgan fingerprint density at radius 3 is 2.71 bits per heavy atom. The van der Waals surface area contributed by atoms with Crippen LogP contribution in [0, 0.1) is 11.3 Å². The number of carbonyl (C=O) groups excluding carboxylic acids is 1. The molecule has 2 aromatic carbocycles. The van der Waals surface area contributed by atoms with Gasteiger partial charge in [-0.05, 0) is 48.0 Å². The molecule has 118 valence electrons. The van der Waals surface area contributed by atoms with Gasteiger partial charge < -0.3 is 9.30 Å². The van der Waals surface area contributed by atoms with Crippen LogP contribution >= 0.6 is 15.9 Å². The highest BCUT2D eigenvalue weighted by atomic mass is 79.9. The van der Waals surface area contributed by atoms with Gasteiger partial charge in [0.1, 0.15) is 5.75 Å². The third kappa shape index (κ3) is 3.92. The quantitative estimate of drug-likeness (QED) is 0.498. The minimum absolute atomic E-state index is 0.401. The summed E-state index contributed by atoms with van der Waals surface area (Å²) in [6.07, 6.45) is 3.55. The Bertz CT molecular complexity index is 908. The second-order valence-corrected chi connectivity index (χ2v) is 6.14. The fraction of sp³-hybridized carbons (Fsp3) is 0.0526. The van der Waals surface area contributed by atoms with Crippen LogP contribution in [-0.2, 0) is 6.54 Å². The van der Waals surface area contributed by atoms with E-state index < -0.39 is 5.97 Å². The first-order chi connectivity index (χ1) is 11.6. The lowest BCUT2D eigenvalue weighted by Crippen LogP contribution is -2.07. The molecule has 0 spiro atoms. The second kappa shape index (κ2) is 7.16. The van der Waals surface area contributed by atoms with Crippen LogP contribution in [0.2, 0.25) is 0 Å². The number of nitrogens with zero attached hydrogens (tertiary/aromatic N) is 2. The van der Waals surface area contributed by atoms with Gasteiger partial charge in [0.25, 0.3) is 0 Å². The van der Waals surface area contributed by atoms with Crippen molar-refractivity contribution in [3.63, 3.8) is 0 Å². The molecule has 0 aliphatic carbocycles. The summed E-state index contributed by atoms with van der Waals surface area (Å²) in [7, 11) is 0. The van der Waals surface area contributed by atoms with Crippen LogP contribution in [0.1, 0.15) is 21.5 Å². The molecule has 1 heterocycles. The highest BCUT2D eigenvalue weighted by Crippen LogP contribution is 2.18. The maximum absolute atomic E-state index is 12.2. The minimum Gasteiger partial charge on any atom is -0.423 e. The molecule has 24 heavy (non-hydrogen) atoms. The molecular weight excluding hydrogens is 368 g/mol. The molecule has 0 radical (unpaired) electrons. The largest absolute Gasteiger partial charge is 0.423 e. The van der Waals surface area contributed by atoms with Gasteiger partial charge in [-0.2, -0.15) is 5.26 Å². The zero-order valence-electron chi connectivity index (χ0n) is 12.6. The number of rotatable bonds is 4. The Labute approximate surface area is 148 Å². The van der Waals surface area contributed by atoms with Gasteiger partial charge in [0, 0.05) is 23.4 Å². The Kier molecular flexibility index (Phi) is 4.78. The standard InChI is InChI=1S/C19H13BrN2O2/c20-17-4-6-18(7-5-17)24-19(23)16-8-9-22(13-16)12-15-3-1-2-14(10-15)11-21/h1-10,13H,12H2. The van der Waals surface area contributed by atoms with E-state index in [9.17, 15) is 4.79 Å². The van der Waals surface area contributed by atoms with E-state index in [1.165, 1.54) is 0 Å². The number of ether oxygens (including phenoxy) is 1. The van der Waals surface area contributed by atoms with Gasteiger partial charge in [-0.1, -0.05) is 28.1 Å². The minimum atomic E-state index is -0.401. The highest BCUT2D eigenvalue weighted by molar-refractivity contribution is 9.10. The zero-order valence-corrected chi connectivity index (χ0v) is 14.2. The monoisotopic (exact) mass is 380 g/mol. The van der Waals surface area contributed by atoms with E-state index >= 15 is 0 Å². The zero-order chi connectivity index (χ0) is 16.9. The molecule has 0 fully saturated rings. The van der Waals surface area contributed by atoms with Gasteiger partial charge in [0.2, 0.25) is 0 Å². The lowest BCUT2D eigenvalue weighted by Gasteiger charge is -2.04. The molecule has 0 saturated heterocycles. The average molecular weight is 381 g/mol. The van der Waals surface area contributed by atoms with Gasteiger partial charge in [-0.25, -0.2) is 4.79 Å². The van der Waals surface area contributed by atoms with Crippen molar-refractivity contribution in [3.05, 3.63) is 88.2 Å². The van der Waals surface area contributed by atoms with E-state index in [0.717, 1.165) is 10.0 Å². The molecule has 0 amide bonds. The van der Waals surface area contributed by atoms with E-state index in [4.69, 9.17) is 10.00 Å². The SMILES string of the molecule is N#Cc1cccc(Cn2ccc(C(=O)Oc3ccc(Br)cc3)c2)c1. The number of hydrogen-bond acceptors (Lipinski definition) is 3. The summed E-state index contributed by atoms with van der Waals surface area (Å²) in [5.41, 5.74) is 2.10. The molecule has 0 saturated carbocycles. The van der Waals surface area contributed by atoms with E-state index in [1.54, 1.807) is 30.5 Å². The molecule has 0 unspecified atom stereocenters. The predicted octanol–water partition coefficient (Wildman–Crippen LogP) is 4.39. The molecular formula is C19H13BrN2O2. The van der Waals surface area contributed by atoms with E-state index in [2.05, 4.69) is 22.0 Å². The molecule has 4 nitrogen and oxygen atoms in total. The van der Waals surface area contributed by atoms with Crippen LogP contribution < -0.4 is 4.74 Å². The normalized spacial score (nSPS) is 10.2. The summed E-state index contributed by atoms with van der Waals surface area (Å²) in [5, 5.41) is 8.94. The Hall–Kier alpha value is -2.84. The lowest BCUT2D eigenvalue weighted by atomic mass is 10.1. The molecule has 0 bridgehead atoms. The molecule has 0 aliphatic rings. The van der Waals surface area contributed by atoms with Crippen molar-refractivity contribution in [3.8, 4) is 11.8 Å². The van der Waals surface area contributed by atoms with Crippen molar-refractivity contribution in [1.29, 1.82) is 5.26 Å². The van der Waals surface area contributed by atoms with E-state index in [-0.39, 0.29) is 0 Å². The fourth-order valence-electron chi connectivity index (χ4n) is 2.28. The second-order valence-electron chi connectivity index (χ2n) is 5.23. The van der Waals surface area contributed by atoms with Crippen LogP contribution in [0.25, 0.3) is 0 Å². The molecule has 3 rings (SSSR count). The van der Waals surface area contributed by atoms with Crippen LogP contribution in [0.4, 0.5) is 0 Å². The summed E-state index contributed by atoms with van der Waals surface area (Å²) in [4.78, 5) is 12.2. The maximum Gasteiger partial charge on any atom is 0.345 e. The number of nitriles is 1. The molecule has 0 N–H and O–H groups in total. The smallest absolute Gasteiger partial charge is 0.345 e. The van der Waals surface area contributed by atoms with Crippen molar-refractivity contribution in [2.24, 2.45) is 0 Å². The number of halogens is 1. The van der Waals surface area contributed by atoms with Gasteiger partial charge >= 0.3 is 5.97 Å². The summed E-state index contributed by atoms with van der Waals surface area (Å²) in [5.74, 6) is 0.0968. The fourth-order valence-corrected chi connectivity index (χ4v) is 2.54. The number of hydrogen-bond donors (Lipinski definition) is 0. The first-order valence-corrected chi connectivity index (χ1v) is 8.06. The Morgan fingerprint density at radius 2 is 1.96 bits per heavy atom. The molecule has 1 aromatic heterocycles.